The molecule has 0 aliphatic carbocycles. The number of fused-ring (bicyclic) bond motifs is 1. The maximum Gasteiger partial charge on any atom is 0.272 e. The molecule has 2 aromatic heterocycles. The number of pyridine rings is 1. The largest absolute Gasteiger partial charge is 0.336 e. The summed E-state index contributed by atoms with van der Waals surface area (Å²) in [5.74, 6) is -0.175. The standard InChI is InChI=1S/C20H23N5O3S/c1-14-19(15(2)23-22-14)29(27,28)25-11-5-10-24(12-13-25)20(26)18-9-8-16-6-3-4-7-17(16)21-18/h3-4,6-9H,5,10-13H2,1-2H3,(H,22,23). The molecule has 0 atom stereocenters. The summed E-state index contributed by atoms with van der Waals surface area (Å²) in [6, 6.07) is 11.2. The molecule has 1 aliphatic rings. The Hall–Kier alpha value is -2.78. The molecule has 1 saturated heterocycles. The van der Waals surface area contributed by atoms with E-state index in [1.807, 2.05) is 30.3 Å². The fraction of sp³-hybridized carbons (Fsp3) is 0.350. The maximum atomic E-state index is 13.1. The molecule has 3 aromatic rings. The van der Waals surface area contributed by atoms with Gasteiger partial charge in [-0.15, -0.1) is 0 Å². The molecule has 9 heteroatoms. The van der Waals surface area contributed by atoms with Crippen LogP contribution in [0.3, 0.4) is 0 Å². The lowest BCUT2D eigenvalue weighted by Gasteiger charge is -2.22. The monoisotopic (exact) mass is 413 g/mol. The van der Waals surface area contributed by atoms with Crippen molar-refractivity contribution in [3.8, 4) is 0 Å². The molecule has 29 heavy (non-hydrogen) atoms. The fourth-order valence-corrected chi connectivity index (χ4v) is 5.54. The summed E-state index contributed by atoms with van der Waals surface area (Å²) in [5, 5.41) is 7.71. The van der Waals surface area contributed by atoms with E-state index in [4.69, 9.17) is 0 Å². The van der Waals surface area contributed by atoms with E-state index >= 15 is 0 Å². The van der Waals surface area contributed by atoms with Crippen LogP contribution in [-0.2, 0) is 10.0 Å². The second kappa shape index (κ2) is 7.57. The number of sulfonamides is 1. The first-order chi connectivity index (χ1) is 13.9. The number of nitrogens with zero attached hydrogens (tertiary/aromatic N) is 4. The molecule has 152 valence electrons. The molecule has 1 aromatic carbocycles. The lowest BCUT2D eigenvalue weighted by molar-refractivity contribution is 0.0759. The highest BCUT2D eigenvalue weighted by Crippen LogP contribution is 2.23. The number of carbonyl (C=O) groups excluding carboxylic acids is 1. The van der Waals surface area contributed by atoms with Crippen molar-refractivity contribution in [3.05, 3.63) is 53.5 Å². The van der Waals surface area contributed by atoms with Crippen LogP contribution >= 0.6 is 0 Å². The molecule has 4 rings (SSSR count). The lowest BCUT2D eigenvalue weighted by Crippen LogP contribution is -2.37. The van der Waals surface area contributed by atoms with Gasteiger partial charge in [0, 0.05) is 31.6 Å². The first-order valence-electron chi connectivity index (χ1n) is 9.55. The fourth-order valence-electron chi connectivity index (χ4n) is 3.73. The Bertz CT molecular complexity index is 1150. The van der Waals surface area contributed by atoms with Crippen molar-refractivity contribution < 1.29 is 13.2 Å². The van der Waals surface area contributed by atoms with Crippen LogP contribution in [0.2, 0.25) is 0 Å². The predicted molar refractivity (Wildman–Crippen MR) is 109 cm³/mol. The first-order valence-corrected chi connectivity index (χ1v) is 11.0. The van der Waals surface area contributed by atoms with E-state index in [0.717, 1.165) is 10.9 Å². The number of benzene rings is 1. The third kappa shape index (κ3) is 3.63. The first kappa shape index (κ1) is 19.5. The Morgan fingerprint density at radius 1 is 1.03 bits per heavy atom. The number of nitrogens with one attached hydrogen (secondary N) is 1. The lowest BCUT2D eigenvalue weighted by atomic mass is 10.2. The molecule has 1 fully saturated rings. The van der Waals surface area contributed by atoms with Gasteiger partial charge in [-0.3, -0.25) is 9.89 Å². The molecular weight excluding hydrogens is 390 g/mol. The maximum absolute atomic E-state index is 13.1. The van der Waals surface area contributed by atoms with Gasteiger partial charge in [0.2, 0.25) is 10.0 Å². The summed E-state index contributed by atoms with van der Waals surface area (Å²) in [4.78, 5) is 19.4. The third-order valence-electron chi connectivity index (χ3n) is 5.22. The Morgan fingerprint density at radius 3 is 2.59 bits per heavy atom. The SMILES string of the molecule is Cc1n[nH]c(C)c1S(=O)(=O)N1CCCN(C(=O)c2ccc3ccccc3n2)CC1. The van der Waals surface area contributed by atoms with Crippen LogP contribution in [0.1, 0.15) is 28.3 Å². The highest BCUT2D eigenvalue weighted by molar-refractivity contribution is 7.89. The van der Waals surface area contributed by atoms with E-state index in [2.05, 4.69) is 15.2 Å². The van der Waals surface area contributed by atoms with Crippen LogP contribution in [0.5, 0.6) is 0 Å². The molecule has 1 aliphatic heterocycles. The molecule has 0 radical (unpaired) electrons. The van der Waals surface area contributed by atoms with Gasteiger partial charge >= 0.3 is 0 Å². The number of H-pyrrole nitrogens is 1. The highest BCUT2D eigenvalue weighted by Gasteiger charge is 2.32. The van der Waals surface area contributed by atoms with Gasteiger partial charge in [-0.05, 0) is 32.4 Å². The van der Waals surface area contributed by atoms with Crippen LogP contribution < -0.4 is 0 Å². The van der Waals surface area contributed by atoms with Crippen molar-refractivity contribution >= 4 is 26.8 Å². The Kier molecular flexibility index (Phi) is 5.10. The quantitative estimate of drug-likeness (QED) is 0.709. The third-order valence-corrected chi connectivity index (χ3v) is 7.38. The molecule has 0 unspecified atom stereocenters. The van der Waals surface area contributed by atoms with Gasteiger partial charge in [-0.1, -0.05) is 24.3 Å². The van der Waals surface area contributed by atoms with Crippen LogP contribution in [0.4, 0.5) is 0 Å². The van der Waals surface area contributed by atoms with Crippen molar-refractivity contribution in [2.75, 3.05) is 26.2 Å². The smallest absolute Gasteiger partial charge is 0.272 e. The Labute approximate surface area is 169 Å². The molecule has 0 saturated carbocycles. The summed E-state index contributed by atoms with van der Waals surface area (Å²) in [6.07, 6.45) is 0.564. The summed E-state index contributed by atoms with van der Waals surface area (Å²) in [6.45, 7) is 4.79. The normalized spacial score (nSPS) is 16.1. The van der Waals surface area contributed by atoms with Gasteiger partial charge in [0.15, 0.2) is 0 Å². The average molecular weight is 414 g/mol. The van der Waals surface area contributed by atoms with Crippen LogP contribution in [0.25, 0.3) is 10.9 Å². The molecule has 3 heterocycles. The van der Waals surface area contributed by atoms with Crippen molar-refractivity contribution in [1.82, 2.24) is 24.4 Å². The number of aryl methyl sites for hydroxylation is 2. The zero-order valence-electron chi connectivity index (χ0n) is 16.4. The summed E-state index contributed by atoms with van der Waals surface area (Å²) in [7, 11) is -3.66. The Morgan fingerprint density at radius 2 is 1.83 bits per heavy atom. The minimum atomic E-state index is -3.66. The number of rotatable bonds is 3. The molecule has 0 bridgehead atoms. The number of amides is 1. The molecule has 1 N–H and O–H groups in total. The highest BCUT2D eigenvalue weighted by atomic mass is 32.2. The molecular formula is C20H23N5O3S. The van der Waals surface area contributed by atoms with Crippen molar-refractivity contribution in [2.24, 2.45) is 0 Å². The van der Waals surface area contributed by atoms with E-state index in [1.165, 1.54) is 4.31 Å². The minimum Gasteiger partial charge on any atom is -0.336 e. The van der Waals surface area contributed by atoms with Gasteiger partial charge in [-0.25, -0.2) is 13.4 Å². The summed E-state index contributed by atoms with van der Waals surface area (Å²) in [5.41, 5.74) is 2.13. The van der Waals surface area contributed by atoms with Gasteiger partial charge in [0.25, 0.3) is 5.91 Å². The number of hydrogen-bond donors (Lipinski definition) is 1. The predicted octanol–water partition coefficient (Wildman–Crippen LogP) is 2.11. The van der Waals surface area contributed by atoms with Gasteiger partial charge in [0.1, 0.15) is 10.6 Å². The van der Waals surface area contributed by atoms with Gasteiger partial charge in [-0.2, -0.15) is 9.40 Å². The molecule has 0 spiro atoms. The van der Waals surface area contributed by atoms with Crippen LogP contribution in [0, 0.1) is 13.8 Å². The number of hydrogen-bond acceptors (Lipinski definition) is 5. The van der Waals surface area contributed by atoms with Crippen LogP contribution in [-0.4, -0.2) is 64.9 Å². The number of para-hydroxylation sites is 1. The topological polar surface area (TPSA) is 99.3 Å². The Balaban J connectivity index is 1.53. The molecule has 1 amide bonds. The van der Waals surface area contributed by atoms with Crippen LogP contribution in [0.15, 0.2) is 41.3 Å². The van der Waals surface area contributed by atoms with E-state index in [0.29, 0.717) is 43.1 Å². The molecule has 8 nitrogen and oxygen atoms in total. The number of aromatic amines is 1. The summed E-state index contributed by atoms with van der Waals surface area (Å²) >= 11 is 0. The second-order valence-corrected chi connectivity index (χ2v) is 9.08. The summed E-state index contributed by atoms with van der Waals surface area (Å²) < 4.78 is 27.6. The van der Waals surface area contributed by atoms with E-state index in [1.54, 1.807) is 24.8 Å². The van der Waals surface area contributed by atoms with Gasteiger partial charge < -0.3 is 4.90 Å². The average Bonchev–Trinajstić information content (AvgIpc) is 2.92. The zero-order chi connectivity index (χ0) is 20.6. The van der Waals surface area contributed by atoms with E-state index in [-0.39, 0.29) is 17.3 Å². The van der Waals surface area contributed by atoms with Crippen molar-refractivity contribution in [2.45, 2.75) is 25.2 Å². The van der Waals surface area contributed by atoms with E-state index < -0.39 is 10.0 Å². The zero-order valence-corrected chi connectivity index (χ0v) is 17.2. The van der Waals surface area contributed by atoms with Gasteiger partial charge in [0.05, 0.1) is 16.9 Å². The van der Waals surface area contributed by atoms with Crippen molar-refractivity contribution in [1.29, 1.82) is 0 Å². The van der Waals surface area contributed by atoms with Crippen molar-refractivity contribution in [3.63, 3.8) is 0 Å². The minimum absolute atomic E-state index is 0.175. The number of carbonyl (C=O) groups is 1. The van der Waals surface area contributed by atoms with E-state index in [9.17, 15) is 13.2 Å². The number of aromatic nitrogens is 3. The second-order valence-electron chi connectivity index (χ2n) is 7.20.